The van der Waals surface area contributed by atoms with Gasteiger partial charge in [-0.1, -0.05) is 36.4 Å². The van der Waals surface area contributed by atoms with Gasteiger partial charge in [0.05, 0.1) is 22.5 Å². The number of benzene rings is 3. The fourth-order valence-electron chi connectivity index (χ4n) is 6.15. The van der Waals surface area contributed by atoms with Crippen LogP contribution in [0.3, 0.4) is 0 Å². The maximum atomic E-state index is 13.7. The second kappa shape index (κ2) is 13.2. The summed E-state index contributed by atoms with van der Waals surface area (Å²) in [5.41, 5.74) is 5.53. The van der Waals surface area contributed by atoms with Crippen molar-refractivity contribution >= 4 is 45.7 Å². The predicted octanol–water partition coefficient (Wildman–Crippen LogP) is 4.86. The normalized spacial score (nSPS) is 15.1. The zero-order valence-corrected chi connectivity index (χ0v) is 25.1. The van der Waals surface area contributed by atoms with E-state index in [-0.39, 0.29) is 17.7 Å². The second-order valence-electron chi connectivity index (χ2n) is 11.4. The highest BCUT2D eigenvalue weighted by Crippen LogP contribution is 2.31. The highest BCUT2D eigenvalue weighted by atomic mass is 16.2. The molecule has 0 saturated carbocycles. The standard InChI is InChI=1S/C35H38N6O3/c1-25-8-2-3-12-30(25)39-20-22-40(23-21-39)31-15-14-27(34(43)37-17-7-19-41-18-6-13-32(41)42)24-29(31)38-35(44)28-11-4-9-26-10-5-16-36-33(26)28/h2-5,8-12,14-16,24H,6-7,13,17-23H2,1H3,(H,37,43)(H,38,44). The quantitative estimate of drug-likeness (QED) is 0.270. The predicted molar refractivity (Wildman–Crippen MR) is 175 cm³/mol. The van der Waals surface area contributed by atoms with Crippen LogP contribution in [0.25, 0.3) is 10.9 Å². The Morgan fingerprint density at radius 2 is 1.61 bits per heavy atom. The Kier molecular flexibility index (Phi) is 8.72. The van der Waals surface area contributed by atoms with Crippen molar-refractivity contribution in [3.05, 3.63) is 95.7 Å². The molecule has 0 spiro atoms. The zero-order chi connectivity index (χ0) is 30.5. The maximum absolute atomic E-state index is 13.7. The lowest BCUT2D eigenvalue weighted by molar-refractivity contribution is -0.127. The van der Waals surface area contributed by atoms with Gasteiger partial charge in [-0.05, 0) is 61.7 Å². The molecule has 0 aliphatic carbocycles. The molecule has 9 nitrogen and oxygen atoms in total. The third-order valence-electron chi connectivity index (χ3n) is 8.52. The Labute approximate surface area is 257 Å². The van der Waals surface area contributed by atoms with Gasteiger partial charge < -0.3 is 25.3 Å². The Hall–Kier alpha value is -4.92. The minimum absolute atomic E-state index is 0.188. The van der Waals surface area contributed by atoms with Crippen molar-refractivity contribution in [2.24, 2.45) is 0 Å². The van der Waals surface area contributed by atoms with Crippen LogP contribution in [-0.2, 0) is 4.79 Å². The molecule has 226 valence electrons. The summed E-state index contributed by atoms with van der Waals surface area (Å²) >= 11 is 0. The molecule has 3 aromatic carbocycles. The Morgan fingerprint density at radius 3 is 2.39 bits per heavy atom. The molecule has 0 bridgehead atoms. The van der Waals surface area contributed by atoms with Crippen molar-refractivity contribution < 1.29 is 14.4 Å². The number of para-hydroxylation sites is 2. The number of amides is 3. The summed E-state index contributed by atoms with van der Waals surface area (Å²) < 4.78 is 0. The molecule has 2 aliphatic rings. The third kappa shape index (κ3) is 6.37. The number of aromatic nitrogens is 1. The number of nitrogens with one attached hydrogen (secondary N) is 2. The number of carbonyl (C=O) groups excluding carboxylic acids is 3. The van der Waals surface area contributed by atoms with Crippen LogP contribution in [0.4, 0.5) is 17.1 Å². The van der Waals surface area contributed by atoms with Crippen molar-refractivity contribution in [3.63, 3.8) is 0 Å². The molecule has 3 amide bonds. The largest absolute Gasteiger partial charge is 0.368 e. The minimum atomic E-state index is -0.276. The number of aryl methyl sites for hydroxylation is 1. The summed E-state index contributed by atoms with van der Waals surface area (Å²) in [6, 6.07) is 23.3. The molecule has 2 saturated heterocycles. The molecule has 2 fully saturated rings. The Bertz CT molecular complexity index is 1680. The number of fused-ring (bicyclic) bond motifs is 1. The van der Waals surface area contributed by atoms with Gasteiger partial charge in [-0.3, -0.25) is 19.4 Å². The first-order valence-corrected chi connectivity index (χ1v) is 15.4. The smallest absolute Gasteiger partial charge is 0.257 e. The number of carbonyl (C=O) groups is 3. The van der Waals surface area contributed by atoms with Crippen molar-refractivity contribution in [2.45, 2.75) is 26.2 Å². The first-order valence-electron chi connectivity index (χ1n) is 15.4. The second-order valence-corrected chi connectivity index (χ2v) is 11.4. The molecule has 44 heavy (non-hydrogen) atoms. The summed E-state index contributed by atoms with van der Waals surface area (Å²) in [7, 11) is 0. The number of likely N-dealkylation sites (tertiary alicyclic amines) is 1. The Morgan fingerprint density at radius 1 is 0.841 bits per heavy atom. The lowest BCUT2D eigenvalue weighted by atomic mass is 10.1. The molecule has 2 N–H and O–H groups in total. The average Bonchev–Trinajstić information content (AvgIpc) is 3.47. The van der Waals surface area contributed by atoms with E-state index < -0.39 is 0 Å². The van der Waals surface area contributed by atoms with E-state index in [4.69, 9.17) is 0 Å². The summed E-state index contributed by atoms with van der Waals surface area (Å²) in [6.07, 6.45) is 3.90. The molecule has 6 rings (SSSR count). The zero-order valence-electron chi connectivity index (χ0n) is 25.1. The maximum Gasteiger partial charge on any atom is 0.257 e. The minimum Gasteiger partial charge on any atom is -0.368 e. The van der Waals surface area contributed by atoms with E-state index in [1.165, 1.54) is 11.3 Å². The van der Waals surface area contributed by atoms with Crippen molar-refractivity contribution in [3.8, 4) is 0 Å². The van der Waals surface area contributed by atoms with Crippen LogP contribution in [0.15, 0.2) is 79.0 Å². The number of nitrogens with zero attached hydrogens (tertiary/aromatic N) is 4. The summed E-state index contributed by atoms with van der Waals surface area (Å²) in [5.74, 6) is -0.300. The monoisotopic (exact) mass is 590 g/mol. The van der Waals surface area contributed by atoms with Gasteiger partial charge in [-0.2, -0.15) is 0 Å². The van der Waals surface area contributed by atoms with Gasteiger partial charge in [-0.25, -0.2) is 0 Å². The number of hydrogen-bond acceptors (Lipinski definition) is 6. The van der Waals surface area contributed by atoms with Crippen molar-refractivity contribution in [1.82, 2.24) is 15.2 Å². The molecule has 1 aromatic heterocycles. The molecule has 3 heterocycles. The third-order valence-corrected chi connectivity index (χ3v) is 8.52. The molecule has 0 radical (unpaired) electrons. The highest BCUT2D eigenvalue weighted by Gasteiger charge is 2.23. The van der Waals surface area contributed by atoms with E-state index in [0.717, 1.165) is 50.2 Å². The van der Waals surface area contributed by atoms with Crippen molar-refractivity contribution in [1.29, 1.82) is 0 Å². The van der Waals surface area contributed by atoms with Crippen LogP contribution < -0.4 is 20.4 Å². The van der Waals surface area contributed by atoms with Crippen LogP contribution in [-0.4, -0.2) is 73.4 Å². The van der Waals surface area contributed by atoms with Gasteiger partial charge in [0.2, 0.25) is 5.91 Å². The molecule has 0 unspecified atom stereocenters. The summed E-state index contributed by atoms with van der Waals surface area (Å²) in [5, 5.41) is 6.98. The van der Waals surface area contributed by atoms with Crippen LogP contribution in [0, 0.1) is 6.92 Å². The van der Waals surface area contributed by atoms with Gasteiger partial charge in [0.25, 0.3) is 11.8 Å². The molecule has 2 aliphatic heterocycles. The van der Waals surface area contributed by atoms with Crippen molar-refractivity contribution in [2.75, 3.05) is 60.9 Å². The van der Waals surface area contributed by atoms with E-state index in [9.17, 15) is 14.4 Å². The number of anilines is 3. The number of pyridine rings is 1. The van der Waals surface area contributed by atoms with Gasteiger partial charge in [-0.15, -0.1) is 0 Å². The highest BCUT2D eigenvalue weighted by molar-refractivity contribution is 6.13. The summed E-state index contributed by atoms with van der Waals surface area (Å²) in [4.78, 5) is 49.7. The molecule has 4 aromatic rings. The van der Waals surface area contributed by atoms with Crippen LogP contribution in [0.1, 0.15) is 45.5 Å². The van der Waals surface area contributed by atoms with Gasteiger partial charge in [0, 0.05) is 75.1 Å². The first-order chi connectivity index (χ1) is 21.5. The topological polar surface area (TPSA) is 97.9 Å². The lowest BCUT2D eigenvalue weighted by Crippen LogP contribution is -2.47. The van der Waals surface area contributed by atoms with E-state index in [0.29, 0.717) is 48.3 Å². The first kappa shape index (κ1) is 29.2. The molecular weight excluding hydrogens is 552 g/mol. The fourth-order valence-corrected chi connectivity index (χ4v) is 6.15. The lowest BCUT2D eigenvalue weighted by Gasteiger charge is -2.38. The number of piperazine rings is 1. The fraction of sp³-hybridized carbons (Fsp3) is 0.314. The van der Waals surface area contributed by atoms with E-state index in [1.54, 1.807) is 18.3 Å². The molecular formula is C35H38N6O3. The van der Waals surface area contributed by atoms with E-state index in [1.807, 2.05) is 41.3 Å². The van der Waals surface area contributed by atoms with E-state index in [2.05, 4.69) is 56.6 Å². The summed E-state index contributed by atoms with van der Waals surface area (Å²) in [6.45, 7) is 7.26. The SMILES string of the molecule is Cc1ccccc1N1CCN(c2ccc(C(=O)NCCCN3CCCC3=O)cc2NC(=O)c2cccc3cccnc23)CC1. The average molecular weight is 591 g/mol. The van der Waals surface area contributed by atoms with E-state index >= 15 is 0 Å². The van der Waals surface area contributed by atoms with Crippen LogP contribution in [0.5, 0.6) is 0 Å². The van der Waals surface area contributed by atoms with Crippen LogP contribution >= 0.6 is 0 Å². The van der Waals surface area contributed by atoms with Gasteiger partial charge >= 0.3 is 0 Å². The van der Waals surface area contributed by atoms with Gasteiger partial charge in [0.1, 0.15) is 0 Å². The van der Waals surface area contributed by atoms with Crippen LogP contribution in [0.2, 0.25) is 0 Å². The molecule has 0 atom stereocenters. The molecule has 9 heteroatoms. The Balaban J connectivity index is 1.20. The number of hydrogen-bond donors (Lipinski definition) is 2. The van der Waals surface area contributed by atoms with Gasteiger partial charge in [0.15, 0.2) is 0 Å². The number of rotatable bonds is 9.